The number of nitrogens with zero attached hydrogens (tertiary/aromatic N) is 1. The molecule has 2 N–H and O–H groups in total. The first-order valence-electron chi connectivity index (χ1n) is 9.86. The molecule has 1 aliphatic carbocycles. The van der Waals surface area contributed by atoms with Gasteiger partial charge in [-0.05, 0) is 60.2 Å². The zero-order chi connectivity index (χ0) is 24.6. The highest BCUT2D eigenvalue weighted by molar-refractivity contribution is 6.53. The van der Waals surface area contributed by atoms with Gasteiger partial charge in [0.2, 0.25) is 5.91 Å². The van der Waals surface area contributed by atoms with Crippen molar-refractivity contribution in [1.29, 1.82) is 5.26 Å². The van der Waals surface area contributed by atoms with Crippen LogP contribution < -0.4 is 10.6 Å². The van der Waals surface area contributed by atoms with Crippen molar-refractivity contribution in [3.63, 3.8) is 0 Å². The number of alkyl halides is 2. The lowest BCUT2D eigenvalue weighted by atomic mass is 10.1. The SMILES string of the molecule is N#Cc1cccc(NC(=O)c2cc(NC(=O)[C@@H]3[C@@H](c4cc(Cl)cc(Cl)c4)C3(Cl)Cl)ccc2Cl)c1. The van der Waals surface area contributed by atoms with Crippen LogP contribution in [0, 0.1) is 17.2 Å². The van der Waals surface area contributed by atoms with E-state index in [-0.39, 0.29) is 10.6 Å². The van der Waals surface area contributed by atoms with Crippen molar-refractivity contribution >= 4 is 81.2 Å². The monoisotopic (exact) mass is 551 g/mol. The third-order valence-electron chi connectivity index (χ3n) is 5.31. The molecule has 2 atom stereocenters. The molecule has 1 fully saturated rings. The summed E-state index contributed by atoms with van der Waals surface area (Å²) in [7, 11) is 0. The Labute approximate surface area is 220 Å². The van der Waals surface area contributed by atoms with Crippen LogP contribution in [-0.4, -0.2) is 16.1 Å². The first kappa shape index (κ1) is 24.7. The summed E-state index contributed by atoms with van der Waals surface area (Å²) in [6.45, 7) is 0. The second kappa shape index (κ2) is 9.65. The second-order valence-corrected chi connectivity index (χ2v) is 10.4. The first-order chi connectivity index (χ1) is 16.1. The third-order valence-corrected chi connectivity index (χ3v) is 7.01. The molecule has 10 heteroatoms. The van der Waals surface area contributed by atoms with Crippen molar-refractivity contribution in [3.05, 3.63) is 92.4 Å². The maximum Gasteiger partial charge on any atom is 0.257 e. The summed E-state index contributed by atoms with van der Waals surface area (Å²) < 4.78 is -1.34. The number of amides is 2. The van der Waals surface area contributed by atoms with E-state index in [1.807, 2.05) is 6.07 Å². The molecule has 1 aliphatic rings. The van der Waals surface area contributed by atoms with Gasteiger partial charge in [0, 0.05) is 27.3 Å². The van der Waals surface area contributed by atoms with Crippen LogP contribution in [-0.2, 0) is 4.79 Å². The summed E-state index contributed by atoms with van der Waals surface area (Å²) in [6.07, 6.45) is 0. The van der Waals surface area contributed by atoms with Crippen LogP contribution in [0.2, 0.25) is 15.1 Å². The molecule has 0 spiro atoms. The molecule has 172 valence electrons. The highest BCUT2D eigenvalue weighted by Gasteiger charge is 2.67. The van der Waals surface area contributed by atoms with Gasteiger partial charge in [-0.1, -0.05) is 40.9 Å². The Morgan fingerprint density at radius 2 is 1.56 bits per heavy atom. The molecule has 5 nitrogen and oxygen atoms in total. The minimum absolute atomic E-state index is 0.138. The predicted molar refractivity (Wildman–Crippen MR) is 136 cm³/mol. The molecule has 3 aromatic rings. The molecule has 2 amide bonds. The van der Waals surface area contributed by atoms with Gasteiger partial charge in [0.15, 0.2) is 0 Å². The van der Waals surface area contributed by atoms with E-state index in [1.165, 1.54) is 18.2 Å². The summed E-state index contributed by atoms with van der Waals surface area (Å²) in [4.78, 5) is 25.7. The van der Waals surface area contributed by atoms with Gasteiger partial charge in [0.05, 0.1) is 28.1 Å². The van der Waals surface area contributed by atoms with Crippen molar-refractivity contribution in [2.24, 2.45) is 5.92 Å². The minimum Gasteiger partial charge on any atom is -0.326 e. The Balaban J connectivity index is 1.51. The molecule has 34 heavy (non-hydrogen) atoms. The first-order valence-corrected chi connectivity index (χ1v) is 11.7. The van der Waals surface area contributed by atoms with Crippen LogP contribution in [0.5, 0.6) is 0 Å². The average molecular weight is 554 g/mol. The molecule has 1 saturated carbocycles. The van der Waals surface area contributed by atoms with Crippen LogP contribution >= 0.6 is 58.0 Å². The molecule has 0 aliphatic heterocycles. The molecule has 0 radical (unpaired) electrons. The lowest BCUT2D eigenvalue weighted by molar-refractivity contribution is -0.117. The standard InChI is InChI=1S/C24H14Cl5N3O2/c25-14-7-13(8-15(26)9-14)20-21(24(20,28)29)23(34)32-17-4-5-19(27)18(10-17)22(33)31-16-3-1-2-12(6-16)11-30/h1-10,20-21H,(H,31,33)(H,32,34)/t20-,21+/m1/s1. The van der Waals surface area contributed by atoms with E-state index in [1.54, 1.807) is 42.5 Å². The van der Waals surface area contributed by atoms with Crippen molar-refractivity contribution in [3.8, 4) is 6.07 Å². The number of hydrogen-bond donors (Lipinski definition) is 2. The number of nitriles is 1. The van der Waals surface area contributed by atoms with Gasteiger partial charge < -0.3 is 10.6 Å². The van der Waals surface area contributed by atoms with Crippen molar-refractivity contribution < 1.29 is 9.59 Å². The Morgan fingerprint density at radius 1 is 0.882 bits per heavy atom. The lowest BCUT2D eigenvalue weighted by Crippen LogP contribution is -2.18. The average Bonchev–Trinajstić information content (AvgIpc) is 3.36. The van der Waals surface area contributed by atoms with E-state index in [9.17, 15) is 9.59 Å². The Hall–Kier alpha value is -2.46. The summed E-state index contributed by atoms with van der Waals surface area (Å²) in [5.74, 6) is -2.19. The largest absolute Gasteiger partial charge is 0.326 e. The van der Waals surface area contributed by atoms with Gasteiger partial charge in [-0.3, -0.25) is 9.59 Å². The smallest absolute Gasteiger partial charge is 0.257 e. The van der Waals surface area contributed by atoms with Crippen LogP contribution in [0.3, 0.4) is 0 Å². The highest BCUT2D eigenvalue weighted by atomic mass is 35.5. The number of hydrogen-bond acceptors (Lipinski definition) is 3. The number of carbonyl (C=O) groups excluding carboxylic acids is 2. The fraction of sp³-hybridized carbons (Fsp3) is 0.125. The molecule has 0 unspecified atom stereocenters. The fourth-order valence-corrected chi connectivity index (χ4v) is 5.26. The van der Waals surface area contributed by atoms with Gasteiger partial charge in [0.25, 0.3) is 5.91 Å². The van der Waals surface area contributed by atoms with Crippen LogP contribution in [0.15, 0.2) is 60.7 Å². The van der Waals surface area contributed by atoms with Crippen LogP contribution in [0.25, 0.3) is 0 Å². The fourth-order valence-electron chi connectivity index (χ4n) is 3.68. The molecule has 0 bridgehead atoms. The summed E-state index contributed by atoms with van der Waals surface area (Å²) >= 11 is 31.2. The maximum atomic E-state index is 13.0. The predicted octanol–water partition coefficient (Wildman–Crippen LogP) is 7.30. The molecular formula is C24H14Cl5N3O2. The Morgan fingerprint density at radius 3 is 2.24 bits per heavy atom. The third kappa shape index (κ3) is 5.12. The Kier molecular flexibility index (Phi) is 7.00. The Bertz CT molecular complexity index is 1330. The quantitative estimate of drug-likeness (QED) is 0.325. The number of rotatable bonds is 5. The van der Waals surface area contributed by atoms with Crippen molar-refractivity contribution in [1.82, 2.24) is 0 Å². The van der Waals surface area contributed by atoms with Crippen molar-refractivity contribution in [2.45, 2.75) is 10.3 Å². The summed E-state index contributed by atoms with van der Waals surface area (Å²) in [6, 6.07) is 17.9. The summed E-state index contributed by atoms with van der Waals surface area (Å²) in [5.41, 5.74) is 1.96. The van der Waals surface area contributed by atoms with E-state index in [2.05, 4.69) is 10.6 Å². The number of nitrogens with one attached hydrogen (secondary N) is 2. The van der Waals surface area contributed by atoms with Gasteiger partial charge in [-0.2, -0.15) is 5.26 Å². The van der Waals surface area contributed by atoms with Crippen LogP contribution in [0.1, 0.15) is 27.4 Å². The van der Waals surface area contributed by atoms with Gasteiger partial charge in [0.1, 0.15) is 4.33 Å². The topological polar surface area (TPSA) is 82.0 Å². The molecule has 3 aromatic carbocycles. The number of halogens is 5. The van der Waals surface area contributed by atoms with E-state index in [0.717, 1.165) is 0 Å². The number of benzene rings is 3. The maximum absolute atomic E-state index is 13.0. The second-order valence-electron chi connectivity index (χ2n) is 7.66. The number of anilines is 2. The molecule has 0 saturated heterocycles. The zero-order valence-electron chi connectivity index (χ0n) is 17.1. The number of carbonyl (C=O) groups is 2. The van der Waals surface area contributed by atoms with Gasteiger partial charge in [-0.25, -0.2) is 0 Å². The van der Waals surface area contributed by atoms with E-state index in [0.29, 0.717) is 32.5 Å². The zero-order valence-corrected chi connectivity index (χ0v) is 20.9. The molecular weight excluding hydrogens is 540 g/mol. The minimum atomic E-state index is -1.34. The molecule has 4 rings (SSSR count). The van der Waals surface area contributed by atoms with Crippen molar-refractivity contribution in [2.75, 3.05) is 10.6 Å². The highest BCUT2D eigenvalue weighted by Crippen LogP contribution is 2.65. The molecule has 0 heterocycles. The van der Waals surface area contributed by atoms with Gasteiger partial charge in [-0.15, -0.1) is 23.2 Å². The van der Waals surface area contributed by atoms with Crippen LogP contribution in [0.4, 0.5) is 11.4 Å². The van der Waals surface area contributed by atoms with E-state index >= 15 is 0 Å². The normalized spacial score (nSPS) is 18.0. The molecule has 0 aromatic heterocycles. The lowest BCUT2D eigenvalue weighted by Gasteiger charge is -2.10. The summed E-state index contributed by atoms with van der Waals surface area (Å²) in [5, 5.41) is 15.5. The van der Waals surface area contributed by atoms with E-state index in [4.69, 9.17) is 63.3 Å². The van der Waals surface area contributed by atoms with Gasteiger partial charge >= 0.3 is 0 Å². The van der Waals surface area contributed by atoms with E-state index < -0.39 is 28.0 Å².